The fourth-order valence-electron chi connectivity index (χ4n) is 2.35. The van der Waals surface area contributed by atoms with Crippen molar-refractivity contribution in [2.24, 2.45) is 0 Å². The van der Waals surface area contributed by atoms with Gasteiger partial charge in [-0.3, -0.25) is 0 Å². The quantitative estimate of drug-likeness (QED) is 0.573. The van der Waals surface area contributed by atoms with Gasteiger partial charge in [0.1, 0.15) is 11.4 Å². The van der Waals surface area contributed by atoms with Crippen molar-refractivity contribution in [2.45, 2.75) is 53.1 Å². The fraction of sp³-hybridized carbons (Fsp3) is 0.571. The summed E-state index contributed by atoms with van der Waals surface area (Å²) in [4.78, 5) is 0. The van der Waals surface area contributed by atoms with Crippen LogP contribution in [0.1, 0.15) is 42.5 Å². The number of hydrogen-bond acceptors (Lipinski definition) is 2. The molecule has 0 aliphatic carbocycles. The third kappa shape index (κ3) is 2.34. The predicted molar refractivity (Wildman–Crippen MR) is 63.1 cm³/mol. The first-order valence-electron chi connectivity index (χ1n) is 5.82. The standard InChI is InChI=1S/C14H20O2.Li/c1-8-9(2)13-11(10(3)12(8)15)6-7-14(4,5)16-13;/h15H,6-7H2,1-5H3;/q;+1/p-1. The zero-order valence-corrected chi connectivity index (χ0v) is 11.7. The van der Waals surface area contributed by atoms with Crippen LogP contribution in [-0.4, -0.2) is 5.60 Å². The number of hydrogen-bond donors (Lipinski definition) is 0. The Kier molecular flexibility index (Phi) is 3.91. The van der Waals surface area contributed by atoms with Crippen molar-refractivity contribution in [1.29, 1.82) is 0 Å². The molecule has 1 aliphatic heterocycles. The monoisotopic (exact) mass is 226 g/mol. The Labute approximate surface area is 116 Å². The maximum absolute atomic E-state index is 12.0. The van der Waals surface area contributed by atoms with E-state index < -0.39 is 0 Å². The van der Waals surface area contributed by atoms with Gasteiger partial charge in [-0.05, 0) is 58.6 Å². The van der Waals surface area contributed by atoms with Crippen LogP contribution in [0, 0.1) is 20.8 Å². The van der Waals surface area contributed by atoms with E-state index in [4.69, 9.17) is 4.74 Å². The van der Waals surface area contributed by atoms with Gasteiger partial charge in [-0.2, -0.15) is 0 Å². The van der Waals surface area contributed by atoms with Crippen molar-refractivity contribution in [2.75, 3.05) is 0 Å². The summed E-state index contributed by atoms with van der Waals surface area (Å²) in [5, 5.41) is 12.0. The van der Waals surface area contributed by atoms with Crippen molar-refractivity contribution >= 4 is 0 Å². The molecular formula is C14H19LiO2. The first kappa shape index (κ1) is 14.5. The minimum Gasteiger partial charge on any atom is -0.872 e. The van der Waals surface area contributed by atoms with Crippen LogP contribution in [0.5, 0.6) is 11.5 Å². The van der Waals surface area contributed by atoms with Gasteiger partial charge >= 0.3 is 18.9 Å². The van der Waals surface area contributed by atoms with E-state index in [1.165, 1.54) is 0 Å². The first-order chi connectivity index (χ1) is 7.33. The molecule has 88 valence electrons. The van der Waals surface area contributed by atoms with Crippen molar-refractivity contribution in [1.82, 2.24) is 0 Å². The maximum atomic E-state index is 12.0. The van der Waals surface area contributed by atoms with Crippen molar-refractivity contribution in [3.63, 3.8) is 0 Å². The van der Waals surface area contributed by atoms with Crippen LogP contribution < -0.4 is 28.7 Å². The largest absolute Gasteiger partial charge is 1.00 e. The van der Waals surface area contributed by atoms with Gasteiger partial charge in [-0.1, -0.05) is 11.1 Å². The van der Waals surface area contributed by atoms with Crippen LogP contribution >= 0.6 is 0 Å². The molecule has 1 aromatic carbocycles. The summed E-state index contributed by atoms with van der Waals surface area (Å²) in [6.07, 6.45) is 1.92. The van der Waals surface area contributed by atoms with Gasteiger partial charge in [0, 0.05) is 0 Å². The van der Waals surface area contributed by atoms with E-state index in [-0.39, 0.29) is 30.2 Å². The Balaban J connectivity index is 0.00000144. The Hall–Kier alpha value is -0.583. The normalized spacial score (nSPS) is 16.8. The molecule has 1 aromatic rings. The van der Waals surface area contributed by atoms with Crippen LogP contribution in [-0.2, 0) is 6.42 Å². The molecule has 1 heterocycles. The maximum Gasteiger partial charge on any atom is 1.00 e. The average Bonchev–Trinajstić information content (AvgIpc) is 2.22. The second kappa shape index (κ2) is 4.59. The summed E-state index contributed by atoms with van der Waals surface area (Å²) in [5.41, 5.74) is 3.72. The summed E-state index contributed by atoms with van der Waals surface area (Å²) < 4.78 is 6.03. The molecule has 2 rings (SSSR count). The Morgan fingerprint density at radius 2 is 1.65 bits per heavy atom. The Morgan fingerprint density at radius 1 is 1.06 bits per heavy atom. The molecular weight excluding hydrogens is 207 g/mol. The molecule has 0 saturated carbocycles. The SMILES string of the molecule is Cc1c(C)c2c(c(C)c1[O-])CCC(C)(C)O2.[Li+]. The van der Waals surface area contributed by atoms with Gasteiger partial charge in [0.25, 0.3) is 0 Å². The Bertz CT molecular complexity index is 450. The molecule has 0 saturated heterocycles. The third-order valence-corrected chi connectivity index (χ3v) is 3.67. The van der Waals surface area contributed by atoms with E-state index in [0.29, 0.717) is 0 Å². The third-order valence-electron chi connectivity index (χ3n) is 3.67. The van der Waals surface area contributed by atoms with Crippen LogP contribution in [0.2, 0.25) is 0 Å². The summed E-state index contributed by atoms with van der Waals surface area (Å²) in [6, 6.07) is 0. The van der Waals surface area contributed by atoms with Gasteiger partial charge in [-0.15, -0.1) is 5.75 Å². The molecule has 0 spiro atoms. The van der Waals surface area contributed by atoms with E-state index in [9.17, 15) is 5.11 Å². The summed E-state index contributed by atoms with van der Waals surface area (Å²) in [7, 11) is 0. The summed E-state index contributed by atoms with van der Waals surface area (Å²) >= 11 is 0. The molecule has 17 heavy (non-hydrogen) atoms. The Morgan fingerprint density at radius 3 is 2.24 bits per heavy atom. The molecule has 0 atom stereocenters. The number of ether oxygens (including phenoxy) is 1. The second-order valence-corrected chi connectivity index (χ2v) is 5.37. The van der Waals surface area contributed by atoms with E-state index in [2.05, 4.69) is 13.8 Å². The van der Waals surface area contributed by atoms with Crippen molar-refractivity contribution < 1.29 is 28.7 Å². The molecule has 0 bridgehead atoms. The summed E-state index contributed by atoms with van der Waals surface area (Å²) in [6.45, 7) is 9.98. The zero-order chi connectivity index (χ0) is 12.1. The van der Waals surface area contributed by atoms with E-state index in [1.807, 2.05) is 20.8 Å². The molecule has 0 unspecified atom stereocenters. The molecule has 0 amide bonds. The van der Waals surface area contributed by atoms with Crippen LogP contribution in [0.15, 0.2) is 0 Å². The number of benzene rings is 1. The minimum atomic E-state index is -0.110. The second-order valence-electron chi connectivity index (χ2n) is 5.37. The van der Waals surface area contributed by atoms with Gasteiger partial charge in [0.15, 0.2) is 0 Å². The van der Waals surface area contributed by atoms with Gasteiger partial charge in [-0.25, -0.2) is 0 Å². The molecule has 3 heteroatoms. The topological polar surface area (TPSA) is 32.3 Å². The molecule has 0 radical (unpaired) electrons. The number of rotatable bonds is 0. The van der Waals surface area contributed by atoms with E-state index in [0.717, 1.165) is 40.8 Å². The predicted octanol–water partition coefficient (Wildman–Crippen LogP) is -0.207. The average molecular weight is 226 g/mol. The van der Waals surface area contributed by atoms with Gasteiger partial charge in [0.05, 0.1) is 0 Å². The first-order valence-corrected chi connectivity index (χ1v) is 5.82. The smallest absolute Gasteiger partial charge is 0.872 e. The van der Waals surface area contributed by atoms with E-state index in [1.54, 1.807) is 0 Å². The van der Waals surface area contributed by atoms with Gasteiger partial charge in [0.2, 0.25) is 0 Å². The van der Waals surface area contributed by atoms with Crippen LogP contribution in [0.3, 0.4) is 0 Å². The molecule has 0 aromatic heterocycles. The molecule has 2 nitrogen and oxygen atoms in total. The molecule has 1 aliphatic rings. The summed E-state index contributed by atoms with van der Waals surface area (Å²) in [5.74, 6) is 1.13. The minimum absolute atomic E-state index is 0. The van der Waals surface area contributed by atoms with Crippen molar-refractivity contribution in [3.8, 4) is 11.5 Å². The van der Waals surface area contributed by atoms with Crippen LogP contribution in [0.25, 0.3) is 0 Å². The van der Waals surface area contributed by atoms with Gasteiger partial charge < -0.3 is 9.84 Å². The van der Waals surface area contributed by atoms with Crippen molar-refractivity contribution in [3.05, 3.63) is 22.3 Å². The molecule has 0 N–H and O–H groups in total. The zero-order valence-electron chi connectivity index (χ0n) is 11.7. The molecule has 0 fully saturated rings. The van der Waals surface area contributed by atoms with E-state index >= 15 is 0 Å². The van der Waals surface area contributed by atoms with Crippen LogP contribution in [0.4, 0.5) is 0 Å². The fourth-order valence-corrected chi connectivity index (χ4v) is 2.35. The number of fused-ring (bicyclic) bond motifs is 1.